The summed E-state index contributed by atoms with van der Waals surface area (Å²) in [7, 11) is 0. The molecular formula is C14H28N2O2. The van der Waals surface area contributed by atoms with Gasteiger partial charge >= 0.3 is 0 Å². The van der Waals surface area contributed by atoms with Gasteiger partial charge in [0, 0.05) is 6.42 Å². The Morgan fingerprint density at radius 2 is 1.72 bits per heavy atom. The van der Waals surface area contributed by atoms with Crippen LogP contribution in [0.15, 0.2) is 0 Å². The number of nitrogens with two attached hydrogens (primary N) is 1. The minimum atomic E-state index is -0.520. The predicted octanol–water partition coefficient (Wildman–Crippen LogP) is 2.36. The Balaban J connectivity index is 3.85. The van der Waals surface area contributed by atoms with Gasteiger partial charge in [-0.3, -0.25) is 9.59 Å². The summed E-state index contributed by atoms with van der Waals surface area (Å²) in [6.45, 7) is 6.18. The fraction of sp³-hybridized carbons (Fsp3) is 0.857. The van der Waals surface area contributed by atoms with Crippen LogP contribution in [0.5, 0.6) is 0 Å². The number of nitrogens with one attached hydrogen (secondary N) is 1. The third kappa shape index (κ3) is 9.02. The summed E-state index contributed by atoms with van der Waals surface area (Å²) in [5.41, 5.74) is 5.27. The Kier molecular flexibility index (Phi) is 9.33. The summed E-state index contributed by atoms with van der Waals surface area (Å²) in [5.74, 6) is -0.161. The van der Waals surface area contributed by atoms with Gasteiger partial charge in [0.05, 0.1) is 0 Å². The number of unbranched alkanes of at least 4 members (excludes halogenated alkanes) is 4. The van der Waals surface area contributed by atoms with E-state index in [4.69, 9.17) is 5.73 Å². The Hall–Kier alpha value is -1.06. The van der Waals surface area contributed by atoms with E-state index in [0.717, 1.165) is 12.8 Å². The molecule has 0 aromatic rings. The standard InChI is InChI=1S/C14H28N2O2/c1-4-5-6-7-8-9-13(17)16-12(14(15)18)10-11(2)3/h11-12H,4-10H2,1-3H3,(H2,15,18)(H,16,17)/t12-/m0/s1. The molecule has 0 spiro atoms. The number of rotatable bonds is 10. The minimum Gasteiger partial charge on any atom is -0.368 e. The first-order valence-electron chi connectivity index (χ1n) is 7.06. The monoisotopic (exact) mass is 256 g/mol. The summed E-state index contributed by atoms with van der Waals surface area (Å²) >= 11 is 0. The lowest BCUT2D eigenvalue weighted by Gasteiger charge is -2.17. The maximum absolute atomic E-state index is 11.7. The Morgan fingerprint density at radius 3 is 2.22 bits per heavy atom. The minimum absolute atomic E-state index is 0.0593. The van der Waals surface area contributed by atoms with Crippen LogP contribution in [-0.2, 0) is 9.59 Å². The Bertz CT molecular complexity index is 252. The number of hydrogen-bond acceptors (Lipinski definition) is 2. The normalized spacial score (nSPS) is 12.4. The lowest BCUT2D eigenvalue weighted by Crippen LogP contribution is -2.45. The van der Waals surface area contributed by atoms with E-state index in [9.17, 15) is 9.59 Å². The van der Waals surface area contributed by atoms with Gasteiger partial charge in [-0.1, -0.05) is 46.5 Å². The molecule has 0 rings (SSSR count). The average molecular weight is 256 g/mol. The highest BCUT2D eigenvalue weighted by atomic mass is 16.2. The molecule has 0 aliphatic heterocycles. The summed E-state index contributed by atoms with van der Waals surface area (Å²) in [6.07, 6.45) is 6.66. The van der Waals surface area contributed by atoms with Gasteiger partial charge in [0.25, 0.3) is 0 Å². The Morgan fingerprint density at radius 1 is 1.11 bits per heavy atom. The van der Waals surface area contributed by atoms with Gasteiger partial charge in [-0.05, 0) is 18.8 Å². The average Bonchev–Trinajstić information content (AvgIpc) is 2.27. The van der Waals surface area contributed by atoms with E-state index in [0.29, 0.717) is 18.8 Å². The van der Waals surface area contributed by atoms with Crippen LogP contribution >= 0.6 is 0 Å². The van der Waals surface area contributed by atoms with E-state index in [1.54, 1.807) is 0 Å². The maximum Gasteiger partial charge on any atom is 0.240 e. The highest BCUT2D eigenvalue weighted by molar-refractivity contribution is 5.86. The number of carbonyl (C=O) groups excluding carboxylic acids is 2. The molecule has 3 N–H and O–H groups in total. The summed E-state index contributed by atoms with van der Waals surface area (Å²) in [5, 5.41) is 2.73. The first kappa shape index (κ1) is 16.9. The lowest BCUT2D eigenvalue weighted by atomic mass is 10.0. The van der Waals surface area contributed by atoms with Gasteiger partial charge in [-0.25, -0.2) is 0 Å². The van der Waals surface area contributed by atoms with Crippen molar-refractivity contribution in [2.75, 3.05) is 0 Å². The van der Waals surface area contributed by atoms with Crippen molar-refractivity contribution in [3.8, 4) is 0 Å². The van der Waals surface area contributed by atoms with Crippen molar-refractivity contribution in [2.24, 2.45) is 11.7 Å². The van der Waals surface area contributed by atoms with Gasteiger partial charge in [0.2, 0.25) is 11.8 Å². The smallest absolute Gasteiger partial charge is 0.240 e. The molecule has 106 valence electrons. The molecule has 0 bridgehead atoms. The molecule has 0 aromatic carbocycles. The Labute approximate surface area is 111 Å². The molecule has 4 heteroatoms. The van der Waals surface area contributed by atoms with E-state index >= 15 is 0 Å². The van der Waals surface area contributed by atoms with Crippen molar-refractivity contribution in [3.63, 3.8) is 0 Å². The van der Waals surface area contributed by atoms with E-state index < -0.39 is 11.9 Å². The molecule has 4 nitrogen and oxygen atoms in total. The second-order valence-corrected chi connectivity index (χ2v) is 5.32. The van der Waals surface area contributed by atoms with Crippen LogP contribution in [0, 0.1) is 5.92 Å². The van der Waals surface area contributed by atoms with Crippen molar-refractivity contribution < 1.29 is 9.59 Å². The van der Waals surface area contributed by atoms with Crippen molar-refractivity contribution >= 4 is 11.8 Å². The van der Waals surface area contributed by atoms with Crippen molar-refractivity contribution in [1.29, 1.82) is 0 Å². The molecule has 2 amide bonds. The number of carbonyl (C=O) groups is 2. The van der Waals surface area contributed by atoms with Crippen LogP contribution in [0.3, 0.4) is 0 Å². The molecule has 0 saturated carbocycles. The third-order valence-corrected chi connectivity index (χ3v) is 2.89. The molecule has 0 unspecified atom stereocenters. The zero-order valence-electron chi connectivity index (χ0n) is 12.0. The number of primary amides is 1. The third-order valence-electron chi connectivity index (χ3n) is 2.89. The van der Waals surface area contributed by atoms with Gasteiger partial charge in [0.15, 0.2) is 0 Å². The predicted molar refractivity (Wildman–Crippen MR) is 74.0 cm³/mol. The highest BCUT2D eigenvalue weighted by Crippen LogP contribution is 2.07. The SMILES string of the molecule is CCCCCCCC(=O)N[C@@H](CC(C)C)C(N)=O. The molecule has 18 heavy (non-hydrogen) atoms. The lowest BCUT2D eigenvalue weighted by molar-refractivity contribution is -0.127. The van der Waals surface area contributed by atoms with E-state index in [1.165, 1.54) is 19.3 Å². The van der Waals surface area contributed by atoms with Crippen LogP contribution in [0.2, 0.25) is 0 Å². The topological polar surface area (TPSA) is 72.2 Å². The zero-order valence-corrected chi connectivity index (χ0v) is 12.0. The van der Waals surface area contributed by atoms with Gasteiger partial charge < -0.3 is 11.1 Å². The fourth-order valence-corrected chi connectivity index (χ4v) is 1.87. The molecule has 0 aromatic heterocycles. The molecule has 0 radical (unpaired) electrons. The van der Waals surface area contributed by atoms with Gasteiger partial charge in [-0.15, -0.1) is 0 Å². The number of hydrogen-bond donors (Lipinski definition) is 2. The van der Waals surface area contributed by atoms with Crippen LogP contribution in [0.4, 0.5) is 0 Å². The van der Waals surface area contributed by atoms with Gasteiger partial charge in [0.1, 0.15) is 6.04 Å². The quantitative estimate of drug-likeness (QED) is 0.589. The van der Waals surface area contributed by atoms with Crippen LogP contribution < -0.4 is 11.1 Å². The van der Waals surface area contributed by atoms with E-state index in [1.807, 2.05) is 13.8 Å². The van der Waals surface area contributed by atoms with Crippen molar-refractivity contribution in [1.82, 2.24) is 5.32 Å². The molecule has 0 aliphatic rings. The first-order chi connectivity index (χ1) is 8.47. The summed E-state index contributed by atoms with van der Waals surface area (Å²) in [6, 6.07) is -0.520. The molecule has 0 aliphatic carbocycles. The molecule has 0 saturated heterocycles. The highest BCUT2D eigenvalue weighted by Gasteiger charge is 2.18. The molecular weight excluding hydrogens is 228 g/mol. The molecule has 0 fully saturated rings. The largest absolute Gasteiger partial charge is 0.368 e. The van der Waals surface area contributed by atoms with Crippen molar-refractivity contribution in [2.45, 2.75) is 71.8 Å². The van der Waals surface area contributed by atoms with Crippen LogP contribution in [0.1, 0.15) is 65.7 Å². The zero-order chi connectivity index (χ0) is 14.0. The fourth-order valence-electron chi connectivity index (χ4n) is 1.87. The molecule has 0 heterocycles. The van der Waals surface area contributed by atoms with Crippen molar-refractivity contribution in [3.05, 3.63) is 0 Å². The van der Waals surface area contributed by atoms with Crippen LogP contribution in [0.25, 0.3) is 0 Å². The molecule has 1 atom stereocenters. The second kappa shape index (κ2) is 9.92. The first-order valence-corrected chi connectivity index (χ1v) is 7.06. The van der Waals surface area contributed by atoms with E-state index in [2.05, 4.69) is 12.2 Å². The second-order valence-electron chi connectivity index (χ2n) is 5.32. The maximum atomic E-state index is 11.7. The summed E-state index contributed by atoms with van der Waals surface area (Å²) in [4.78, 5) is 22.8. The number of amides is 2. The van der Waals surface area contributed by atoms with Crippen LogP contribution in [-0.4, -0.2) is 17.9 Å². The van der Waals surface area contributed by atoms with Gasteiger partial charge in [-0.2, -0.15) is 0 Å². The van der Waals surface area contributed by atoms with E-state index in [-0.39, 0.29) is 5.91 Å². The summed E-state index contributed by atoms with van der Waals surface area (Å²) < 4.78 is 0.